The number of sulfonamides is 1. The summed E-state index contributed by atoms with van der Waals surface area (Å²) in [5.74, 6) is 0.0738. The summed E-state index contributed by atoms with van der Waals surface area (Å²) in [6, 6.07) is 5.01. The Balaban J connectivity index is 0.00000364. The summed E-state index contributed by atoms with van der Waals surface area (Å²) in [7, 11) is 2.57. The minimum absolute atomic E-state index is 0. The van der Waals surface area contributed by atoms with Gasteiger partial charge in [0.2, 0.25) is 15.9 Å². The van der Waals surface area contributed by atoms with E-state index in [1.54, 1.807) is 12.1 Å². The van der Waals surface area contributed by atoms with Crippen LogP contribution in [0.25, 0.3) is 0 Å². The van der Waals surface area contributed by atoms with E-state index in [1.165, 1.54) is 27.3 Å². The molecule has 1 heterocycles. The SMILES string of the molecule is CNC1CCCN(CC(=O)Nc2ccc(OC)c(S(=O)(=O)N(C)C)c2)C1.Cl. The molecule has 0 radical (unpaired) electrons. The molecule has 27 heavy (non-hydrogen) atoms. The smallest absolute Gasteiger partial charge is 0.246 e. The van der Waals surface area contributed by atoms with Crippen molar-refractivity contribution >= 4 is 34.0 Å². The van der Waals surface area contributed by atoms with E-state index in [9.17, 15) is 13.2 Å². The zero-order valence-electron chi connectivity index (χ0n) is 16.2. The lowest BCUT2D eigenvalue weighted by atomic mass is 10.1. The second-order valence-electron chi connectivity index (χ2n) is 6.56. The maximum atomic E-state index is 12.5. The molecule has 154 valence electrons. The van der Waals surface area contributed by atoms with Crippen LogP contribution in [0.5, 0.6) is 5.75 Å². The van der Waals surface area contributed by atoms with Crippen LogP contribution in [-0.4, -0.2) is 77.5 Å². The fraction of sp³-hybridized carbons (Fsp3) is 0.588. The van der Waals surface area contributed by atoms with Crippen LogP contribution >= 0.6 is 12.4 Å². The molecule has 0 bridgehead atoms. The topological polar surface area (TPSA) is 91.0 Å². The quantitative estimate of drug-likeness (QED) is 0.683. The van der Waals surface area contributed by atoms with E-state index in [1.807, 2.05) is 7.05 Å². The number of likely N-dealkylation sites (tertiary alicyclic amines) is 1. The molecule has 1 fully saturated rings. The van der Waals surface area contributed by atoms with Crippen LogP contribution in [0.1, 0.15) is 12.8 Å². The zero-order chi connectivity index (χ0) is 19.3. The molecule has 1 amide bonds. The number of carbonyl (C=O) groups is 1. The number of rotatable bonds is 7. The van der Waals surface area contributed by atoms with Crippen molar-refractivity contribution in [1.29, 1.82) is 0 Å². The first-order valence-corrected chi connectivity index (χ1v) is 10.0. The van der Waals surface area contributed by atoms with Gasteiger partial charge in [-0.05, 0) is 44.6 Å². The Bertz CT molecular complexity index is 742. The van der Waals surface area contributed by atoms with E-state index >= 15 is 0 Å². The number of likely N-dealkylation sites (N-methyl/N-ethyl adjacent to an activating group) is 1. The number of hydrogen-bond acceptors (Lipinski definition) is 6. The van der Waals surface area contributed by atoms with Crippen molar-refractivity contribution in [1.82, 2.24) is 14.5 Å². The van der Waals surface area contributed by atoms with Crippen LogP contribution in [-0.2, 0) is 14.8 Å². The first-order valence-electron chi connectivity index (χ1n) is 8.58. The normalized spacial score (nSPS) is 18.0. The number of carbonyl (C=O) groups excluding carboxylic acids is 1. The van der Waals surface area contributed by atoms with Gasteiger partial charge in [0.25, 0.3) is 0 Å². The highest BCUT2D eigenvalue weighted by atomic mass is 35.5. The average molecular weight is 421 g/mol. The van der Waals surface area contributed by atoms with Gasteiger partial charge in [-0.1, -0.05) is 0 Å². The van der Waals surface area contributed by atoms with Crippen molar-refractivity contribution in [3.05, 3.63) is 18.2 Å². The van der Waals surface area contributed by atoms with Gasteiger partial charge in [0.15, 0.2) is 0 Å². The summed E-state index contributed by atoms with van der Waals surface area (Å²) < 4.78 is 31.2. The fourth-order valence-corrected chi connectivity index (χ4v) is 4.07. The summed E-state index contributed by atoms with van der Waals surface area (Å²) in [6.07, 6.45) is 2.16. The summed E-state index contributed by atoms with van der Waals surface area (Å²) in [5, 5.41) is 6.03. The van der Waals surface area contributed by atoms with Crippen molar-refractivity contribution in [3.8, 4) is 5.75 Å². The first kappa shape index (κ1) is 23.6. The Morgan fingerprint density at radius 2 is 2.07 bits per heavy atom. The molecule has 0 aromatic heterocycles. The molecule has 2 rings (SSSR count). The third kappa shape index (κ3) is 6.05. The van der Waals surface area contributed by atoms with E-state index in [2.05, 4.69) is 15.5 Å². The van der Waals surface area contributed by atoms with E-state index < -0.39 is 10.0 Å². The van der Waals surface area contributed by atoms with Gasteiger partial charge in [0, 0.05) is 32.4 Å². The standard InChI is InChI=1S/C17H28N4O4S.ClH/c1-18-14-6-5-9-21(11-14)12-17(22)19-13-7-8-15(25-4)16(10-13)26(23,24)20(2)3;/h7-8,10,14,18H,5-6,9,11-12H2,1-4H3,(H,19,22);1H. The number of halogens is 1. The van der Waals surface area contributed by atoms with Gasteiger partial charge in [0.05, 0.1) is 13.7 Å². The highest BCUT2D eigenvalue weighted by Gasteiger charge is 2.24. The molecule has 1 aliphatic heterocycles. The summed E-state index contributed by atoms with van der Waals surface area (Å²) >= 11 is 0. The molecule has 1 unspecified atom stereocenters. The second kappa shape index (κ2) is 10.2. The summed E-state index contributed by atoms with van der Waals surface area (Å²) in [5.41, 5.74) is 0.429. The minimum Gasteiger partial charge on any atom is -0.495 e. The largest absolute Gasteiger partial charge is 0.495 e. The molecular weight excluding hydrogens is 392 g/mol. The molecule has 2 N–H and O–H groups in total. The number of anilines is 1. The predicted molar refractivity (Wildman–Crippen MR) is 108 cm³/mol. The molecule has 1 aromatic rings. The highest BCUT2D eigenvalue weighted by molar-refractivity contribution is 7.89. The number of benzene rings is 1. The highest BCUT2D eigenvalue weighted by Crippen LogP contribution is 2.28. The molecule has 1 saturated heterocycles. The number of hydrogen-bond donors (Lipinski definition) is 2. The van der Waals surface area contributed by atoms with Crippen molar-refractivity contribution in [2.24, 2.45) is 0 Å². The Kier molecular flexibility index (Phi) is 8.97. The van der Waals surface area contributed by atoms with Gasteiger partial charge >= 0.3 is 0 Å². The molecule has 0 spiro atoms. The molecule has 1 aliphatic rings. The van der Waals surface area contributed by atoms with E-state index in [0.717, 1.165) is 30.2 Å². The van der Waals surface area contributed by atoms with Gasteiger partial charge < -0.3 is 15.4 Å². The minimum atomic E-state index is -3.68. The number of methoxy groups -OCH3 is 1. The Hall–Kier alpha value is -1.39. The van der Waals surface area contributed by atoms with Gasteiger partial charge in [-0.25, -0.2) is 12.7 Å². The van der Waals surface area contributed by atoms with Crippen molar-refractivity contribution in [2.75, 3.05) is 53.2 Å². The Labute approximate surface area is 167 Å². The Morgan fingerprint density at radius 1 is 1.37 bits per heavy atom. The lowest BCUT2D eigenvalue weighted by Crippen LogP contribution is -2.46. The number of nitrogens with one attached hydrogen (secondary N) is 2. The maximum Gasteiger partial charge on any atom is 0.246 e. The number of nitrogens with zero attached hydrogens (tertiary/aromatic N) is 2. The first-order chi connectivity index (χ1) is 12.3. The van der Waals surface area contributed by atoms with Crippen LogP contribution in [0.4, 0.5) is 5.69 Å². The molecule has 8 nitrogen and oxygen atoms in total. The van der Waals surface area contributed by atoms with E-state index in [0.29, 0.717) is 11.7 Å². The number of ether oxygens (including phenoxy) is 1. The second-order valence-corrected chi connectivity index (χ2v) is 8.68. The lowest BCUT2D eigenvalue weighted by Gasteiger charge is -2.31. The van der Waals surface area contributed by atoms with Crippen molar-refractivity contribution < 1.29 is 17.9 Å². The summed E-state index contributed by atoms with van der Waals surface area (Å²) in [6.45, 7) is 1.99. The van der Waals surface area contributed by atoms with Crippen LogP contribution in [0.2, 0.25) is 0 Å². The van der Waals surface area contributed by atoms with Gasteiger partial charge in [-0.15, -0.1) is 12.4 Å². The zero-order valence-corrected chi connectivity index (χ0v) is 17.8. The fourth-order valence-electron chi connectivity index (χ4n) is 2.99. The van der Waals surface area contributed by atoms with Crippen LogP contribution < -0.4 is 15.4 Å². The van der Waals surface area contributed by atoms with Crippen molar-refractivity contribution in [3.63, 3.8) is 0 Å². The van der Waals surface area contributed by atoms with Gasteiger partial charge in [-0.2, -0.15) is 0 Å². The third-order valence-electron chi connectivity index (χ3n) is 4.49. The van der Waals surface area contributed by atoms with Crippen LogP contribution in [0, 0.1) is 0 Å². The molecule has 1 atom stereocenters. The van der Waals surface area contributed by atoms with Crippen molar-refractivity contribution in [2.45, 2.75) is 23.8 Å². The molecular formula is C17H29ClN4O4S. The average Bonchev–Trinajstić information content (AvgIpc) is 2.61. The number of piperidine rings is 1. The Morgan fingerprint density at radius 3 is 2.67 bits per heavy atom. The van der Waals surface area contributed by atoms with E-state index in [-0.39, 0.29) is 35.5 Å². The molecule has 10 heteroatoms. The van der Waals surface area contributed by atoms with Crippen LogP contribution in [0.3, 0.4) is 0 Å². The molecule has 0 saturated carbocycles. The third-order valence-corrected chi connectivity index (χ3v) is 6.32. The molecule has 0 aliphatic carbocycles. The van der Waals surface area contributed by atoms with Gasteiger partial charge in [0.1, 0.15) is 10.6 Å². The predicted octanol–water partition coefficient (Wildman–Crippen LogP) is 0.990. The molecule has 1 aromatic carbocycles. The van der Waals surface area contributed by atoms with Crippen LogP contribution in [0.15, 0.2) is 23.1 Å². The monoisotopic (exact) mass is 420 g/mol. The lowest BCUT2D eigenvalue weighted by molar-refractivity contribution is -0.117. The summed E-state index contributed by atoms with van der Waals surface area (Å²) in [4.78, 5) is 14.5. The number of amides is 1. The van der Waals surface area contributed by atoms with Gasteiger partial charge in [-0.3, -0.25) is 9.69 Å². The maximum absolute atomic E-state index is 12.5. The van der Waals surface area contributed by atoms with E-state index in [4.69, 9.17) is 4.74 Å².